The third kappa shape index (κ3) is 2.76. The molecule has 94 valence electrons. The lowest BCUT2D eigenvalue weighted by Crippen LogP contribution is -2.43. The van der Waals surface area contributed by atoms with Crippen LogP contribution in [0.3, 0.4) is 0 Å². The van der Waals surface area contributed by atoms with Crippen molar-refractivity contribution in [3.05, 3.63) is 0 Å². The Morgan fingerprint density at radius 3 is 2.62 bits per heavy atom. The van der Waals surface area contributed by atoms with Gasteiger partial charge < -0.3 is 15.0 Å². The molecule has 0 aromatic rings. The zero-order valence-corrected chi connectivity index (χ0v) is 11.0. The largest absolute Gasteiger partial charge is 0.381 e. The molecule has 2 fully saturated rings. The van der Waals surface area contributed by atoms with Crippen LogP contribution in [0.5, 0.6) is 0 Å². The van der Waals surface area contributed by atoms with Gasteiger partial charge in [0.05, 0.1) is 6.61 Å². The minimum Gasteiger partial charge on any atom is -0.381 e. The Hall–Kier alpha value is -0.120. The van der Waals surface area contributed by atoms with Crippen LogP contribution in [0, 0.1) is 10.8 Å². The second kappa shape index (κ2) is 4.63. The van der Waals surface area contributed by atoms with Crippen molar-refractivity contribution in [2.75, 3.05) is 46.4 Å². The molecule has 3 nitrogen and oxygen atoms in total. The number of likely N-dealkylation sites (tertiary alicyclic amines) is 1. The molecular weight excluding hydrogens is 200 g/mol. The van der Waals surface area contributed by atoms with E-state index in [1.54, 1.807) is 0 Å². The van der Waals surface area contributed by atoms with Crippen molar-refractivity contribution in [1.29, 1.82) is 0 Å². The maximum Gasteiger partial charge on any atom is 0.0547 e. The van der Waals surface area contributed by atoms with E-state index < -0.39 is 0 Å². The second-order valence-electron chi connectivity index (χ2n) is 6.46. The summed E-state index contributed by atoms with van der Waals surface area (Å²) in [6, 6.07) is 0. The van der Waals surface area contributed by atoms with Crippen LogP contribution in [-0.2, 0) is 4.74 Å². The summed E-state index contributed by atoms with van der Waals surface area (Å²) in [6.45, 7) is 11.4. The Labute approximate surface area is 99.5 Å². The van der Waals surface area contributed by atoms with Gasteiger partial charge in [-0.3, -0.25) is 0 Å². The summed E-state index contributed by atoms with van der Waals surface area (Å²) in [5.74, 6) is 0. The van der Waals surface area contributed by atoms with Crippen LogP contribution in [0.4, 0.5) is 0 Å². The van der Waals surface area contributed by atoms with Crippen molar-refractivity contribution in [2.24, 2.45) is 10.8 Å². The Morgan fingerprint density at radius 2 is 2.12 bits per heavy atom. The predicted molar refractivity (Wildman–Crippen MR) is 66.6 cm³/mol. The molecular formula is C13H26N2O. The third-order valence-electron chi connectivity index (χ3n) is 4.05. The molecule has 0 bridgehead atoms. The van der Waals surface area contributed by atoms with Crippen LogP contribution in [0.25, 0.3) is 0 Å². The van der Waals surface area contributed by atoms with Crippen LogP contribution in [-0.4, -0.2) is 51.3 Å². The molecule has 0 amide bonds. The number of hydrogen-bond acceptors (Lipinski definition) is 3. The molecule has 2 rings (SSSR count). The van der Waals surface area contributed by atoms with Gasteiger partial charge in [-0.2, -0.15) is 0 Å². The molecule has 1 unspecified atom stereocenters. The zero-order chi connectivity index (χ0) is 11.6. The normalized spacial score (nSPS) is 34.7. The van der Waals surface area contributed by atoms with Gasteiger partial charge in [0, 0.05) is 31.7 Å². The van der Waals surface area contributed by atoms with E-state index in [-0.39, 0.29) is 0 Å². The first kappa shape index (κ1) is 12.3. The molecule has 16 heavy (non-hydrogen) atoms. The number of hydrogen-bond donors (Lipinski definition) is 1. The third-order valence-corrected chi connectivity index (χ3v) is 4.05. The van der Waals surface area contributed by atoms with Gasteiger partial charge in [-0.05, 0) is 31.8 Å². The van der Waals surface area contributed by atoms with E-state index in [0.717, 1.165) is 19.8 Å². The van der Waals surface area contributed by atoms with E-state index in [2.05, 4.69) is 24.1 Å². The minimum absolute atomic E-state index is 0.370. The van der Waals surface area contributed by atoms with E-state index in [4.69, 9.17) is 4.74 Å². The van der Waals surface area contributed by atoms with E-state index in [1.807, 2.05) is 7.05 Å². The van der Waals surface area contributed by atoms with Gasteiger partial charge in [0.15, 0.2) is 0 Å². The smallest absolute Gasteiger partial charge is 0.0547 e. The highest BCUT2D eigenvalue weighted by atomic mass is 16.5. The molecule has 0 spiro atoms. The summed E-state index contributed by atoms with van der Waals surface area (Å²) in [7, 11) is 2.05. The van der Waals surface area contributed by atoms with Crippen molar-refractivity contribution < 1.29 is 4.74 Å². The molecule has 2 heterocycles. The summed E-state index contributed by atoms with van der Waals surface area (Å²) in [6.07, 6.45) is 2.55. The van der Waals surface area contributed by atoms with Crippen LogP contribution < -0.4 is 5.32 Å². The fourth-order valence-electron chi connectivity index (χ4n) is 3.18. The first-order valence-corrected chi connectivity index (χ1v) is 6.50. The average molecular weight is 226 g/mol. The molecule has 1 N–H and O–H groups in total. The fraction of sp³-hybridized carbons (Fsp3) is 1.00. The summed E-state index contributed by atoms with van der Waals surface area (Å²) in [5, 5.41) is 3.34. The SMILES string of the molecule is CNCC1(CN2CCC(C)(C)C2)CCOC1. The van der Waals surface area contributed by atoms with Gasteiger partial charge in [0.1, 0.15) is 0 Å². The standard InChI is InChI=1S/C13H26N2O/c1-12(2)4-6-15(9-12)10-13(8-14-3)5-7-16-11-13/h14H,4-11H2,1-3H3. The summed E-state index contributed by atoms with van der Waals surface area (Å²) in [4.78, 5) is 2.63. The summed E-state index contributed by atoms with van der Waals surface area (Å²) < 4.78 is 5.61. The van der Waals surface area contributed by atoms with Crippen molar-refractivity contribution >= 4 is 0 Å². The topological polar surface area (TPSA) is 24.5 Å². The van der Waals surface area contributed by atoms with Crippen LogP contribution in [0.1, 0.15) is 26.7 Å². The fourth-order valence-corrected chi connectivity index (χ4v) is 3.18. The Bertz CT molecular complexity index is 234. The van der Waals surface area contributed by atoms with E-state index in [1.165, 1.54) is 32.5 Å². The molecule has 2 aliphatic rings. The lowest BCUT2D eigenvalue weighted by molar-refractivity contribution is 0.116. The van der Waals surface area contributed by atoms with Gasteiger partial charge in [0.2, 0.25) is 0 Å². The second-order valence-corrected chi connectivity index (χ2v) is 6.46. The van der Waals surface area contributed by atoms with E-state index >= 15 is 0 Å². The number of nitrogens with one attached hydrogen (secondary N) is 1. The van der Waals surface area contributed by atoms with Crippen LogP contribution in [0.15, 0.2) is 0 Å². The Balaban J connectivity index is 1.91. The number of rotatable bonds is 4. The molecule has 2 aliphatic heterocycles. The molecule has 2 saturated heterocycles. The maximum atomic E-state index is 5.61. The van der Waals surface area contributed by atoms with E-state index in [0.29, 0.717) is 10.8 Å². The maximum absolute atomic E-state index is 5.61. The minimum atomic E-state index is 0.370. The highest BCUT2D eigenvalue weighted by molar-refractivity contribution is 4.92. The highest BCUT2D eigenvalue weighted by Gasteiger charge is 2.39. The molecule has 0 aliphatic carbocycles. The van der Waals surface area contributed by atoms with Gasteiger partial charge in [0.25, 0.3) is 0 Å². The first-order chi connectivity index (χ1) is 7.55. The molecule has 0 saturated carbocycles. The molecule has 1 atom stereocenters. The number of ether oxygens (including phenoxy) is 1. The van der Waals surface area contributed by atoms with E-state index in [9.17, 15) is 0 Å². The first-order valence-electron chi connectivity index (χ1n) is 6.50. The van der Waals surface area contributed by atoms with Gasteiger partial charge >= 0.3 is 0 Å². The lowest BCUT2D eigenvalue weighted by atomic mass is 9.86. The van der Waals surface area contributed by atoms with Gasteiger partial charge in [-0.15, -0.1) is 0 Å². The molecule has 0 radical (unpaired) electrons. The highest BCUT2D eigenvalue weighted by Crippen LogP contribution is 2.34. The zero-order valence-electron chi connectivity index (χ0n) is 11.0. The summed E-state index contributed by atoms with van der Waals surface area (Å²) in [5.41, 5.74) is 0.884. The number of nitrogens with zero attached hydrogens (tertiary/aromatic N) is 1. The van der Waals surface area contributed by atoms with Crippen molar-refractivity contribution in [1.82, 2.24) is 10.2 Å². The van der Waals surface area contributed by atoms with Crippen LogP contribution in [0.2, 0.25) is 0 Å². The van der Waals surface area contributed by atoms with Gasteiger partial charge in [-0.1, -0.05) is 13.8 Å². The quantitative estimate of drug-likeness (QED) is 0.783. The Kier molecular flexibility index (Phi) is 3.57. The average Bonchev–Trinajstić information content (AvgIpc) is 2.75. The van der Waals surface area contributed by atoms with Crippen molar-refractivity contribution in [3.63, 3.8) is 0 Å². The van der Waals surface area contributed by atoms with Crippen LogP contribution >= 0.6 is 0 Å². The predicted octanol–water partition coefficient (Wildman–Crippen LogP) is 1.34. The lowest BCUT2D eigenvalue weighted by Gasteiger charge is -2.32. The summed E-state index contributed by atoms with van der Waals surface area (Å²) >= 11 is 0. The van der Waals surface area contributed by atoms with Crippen molar-refractivity contribution in [2.45, 2.75) is 26.7 Å². The Morgan fingerprint density at radius 1 is 1.31 bits per heavy atom. The molecule has 3 heteroatoms. The van der Waals surface area contributed by atoms with Gasteiger partial charge in [-0.25, -0.2) is 0 Å². The molecule has 0 aromatic heterocycles. The monoisotopic (exact) mass is 226 g/mol. The van der Waals surface area contributed by atoms with Crippen molar-refractivity contribution in [3.8, 4) is 0 Å². The molecule has 0 aromatic carbocycles.